The van der Waals surface area contributed by atoms with Crippen molar-refractivity contribution in [1.29, 1.82) is 0 Å². The zero-order valence-corrected chi connectivity index (χ0v) is 11.0. The van der Waals surface area contributed by atoms with Gasteiger partial charge in [-0.05, 0) is 17.7 Å². The molecule has 0 unspecified atom stereocenters. The maximum atomic E-state index is 4.57. The molecule has 0 bridgehead atoms. The summed E-state index contributed by atoms with van der Waals surface area (Å²) < 4.78 is 0. The second-order valence-corrected chi connectivity index (χ2v) is 4.85. The zero-order valence-electron chi connectivity index (χ0n) is 11.0. The van der Waals surface area contributed by atoms with Gasteiger partial charge in [0.05, 0.1) is 11.7 Å². The van der Waals surface area contributed by atoms with Crippen molar-refractivity contribution in [3.63, 3.8) is 0 Å². The number of nitrogens with zero attached hydrogens (tertiary/aromatic N) is 2. The monoisotopic (exact) mass is 253 g/mol. The predicted octanol–water partition coefficient (Wildman–Crippen LogP) is 2.08. The van der Waals surface area contributed by atoms with Gasteiger partial charge in [-0.2, -0.15) is 0 Å². The second kappa shape index (κ2) is 5.95. The molecular formula is C16H19N3. The fourth-order valence-corrected chi connectivity index (χ4v) is 2.68. The number of rotatable bonds is 3. The van der Waals surface area contributed by atoms with Crippen LogP contribution >= 0.6 is 0 Å². The Bertz CT molecular complexity index is 452. The fourth-order valence-electron chi connectivity index (χ4n) is 2.68. The molecule has 1 aliphatic heterocycles. The van der Waals surface area contributed by atoms with E-state index in [0.29, 0.717) is 0 Å². The third kappa shape index (κ3) is 2.83. The summed E-state index contributed by atoms with van der Waals surface area (Å²) >= 11 is 0. The molecule has 3 nitrogen and oxygen atoms in total. The number of aromatic nitrogens is 1. The van der Waals surface area contributed by atoms with Crippen molar-refractivity contribution < 1.29 is 0 Å². The van der Waals surface area contributed by atoms with E-state index in [1.165, 1.54) is 5.56 Å². The maximum absolute atomic E-state index is 4.57. The van der Waals surface area contributed by atoms with E-state index in [0.717, 1.165) is 31.9 Å². The van der Waals surface area contributed by atoms with Crippen molar-refractivity contribution >= 4 is 0 Å². The van der Waals surface area contributed by atoms with Crippen LogP contribution in [0.4, 0.5) is 0 Å². The van der Waals surface area contributed by atoms with E-state index in [-0.39, 0.29) is 6.04 Å². The average molecular weight is 253 g/mol. The van der Waals surface area contributed by atoms with Crippen molar-refractivity contribution in [3.05, 3.63) is 66.0 Å². The lowest BCUT2D eigenvalue weighted by molar-refractivity contribution is 0.195. The number of benzene rings is 1. The highest BCUT2D eigenvalue weighted by Gasteiger charge is 2.24. The van der Waals surface area contributed by atoms with Crippen LogP contribution in [0.15, 0.2) is 54.7 Å². The number of piperazine rings is 1. The molecule has 0 radical (unpaired) electrons. The summed E-state index contributed by atoms with van der Waals surface area (Å²) in [5.41, 5.74) is 2.46. The van der Waals surface area contributed by atoms with Crippen molar-refractivity contribution in [3.8, 4) is 0 Å². The molecule has 2 heterocycles. The highest BCUT2D eigenvalue weighted by molar-refractivity contribution is 5.27. The van der Waals surface area contributed by atoms with E-state index in [2.05, 4.69) is 57.7 Å². The minimum absolute atomic E-state index is 0.268. The maximum Gasteiger partial charge on any atom is 0.0777 e. The Balaban J connectivity index is 1.96. The molecule has 1 atom stereocenters. The van der Waals surface area contributed by atoms with Crippen molar-refractivity contribution in [2.45, 2.75) is 6.04 Å². The third-order valence-electron chi connectivity index (χ3n) is 3.60. The topological polar surface area (TPSA) is 28.2 Å². The Labute approximate surface area is 114 Å². The fraction of sp³-hybridized carbons (Fsp3) is 0.312. The second-order valence-electron chi connectivity index (χ2n) is 4.85. The largest absolute Gasteiger partial charge is 0.314 e. The molecule has 1 aliphatic rings. The molecule has 2 aromatic rings. The summed E-state index contributed by atoms with van der Waals surface area (Å²) in [6.07, 6.45) is 1.88. The number of nitrogens with one attached hydrogen (secondary N) is 1. The number of hydrogen-bond acceptors (Lipinski definition) is 3. The summed E-state index contributed by atoms with van der Waals surface area (Å²) in [6.45, 7) is 4.23. The van der Waals surface area contributed by atoms with Crippen LogP contribution in [0, 0.1) is 0 Å². The molecule has 1 aromatic heterocycles. The van der Waals surface area contributed by atoms with Crippen LogP contribution in [0.3, 0.4) is 0 Å². The Hall–Kier alpha value is -1.71. The lowest BCUT2D eigenvalue weighted by Crippen LogP contribution is -2.45. The average Bonchev–Trinajstić information content (AvgIpc) is 2.51. The molecule has 3 heteroatoms. The molecule has 1 N–H and O–H groups in total. The van der Waals surface area contributed by atoms with Gasteiger partial charge in [0.1, 0.15) is 0 Å². The minimum atomic E-state index is 0.268. The summed E-state index contributed by atoms with van der Waals surface area (Å²) in [6, 6.07) is 17.1. The summed E-state index contributed by atoms with van der Waals surface area (Å²) in [7, 11) is 0. The molecule has 1 aromatic carbocycles. The van der Waals surface area contributed by atoms with E-state index in [4.69, 9.17) is 0 Å². The smallest absolute Gasteiger partial charge is 0.0777 e. The first-order chi connectivity index (χ1) is 9.45. The number of pyridine rings is 1. The first-order valence-electron chi connectivity index (χ1n) is 6.86. The Kier molecular flexibility index (Phi) is 3.86. The van der Waals surface area contributed by atoms with Gasteiger partial charge in [-0.15, -0.1) is 0 Å². The van der Waals surface area contributed by atoms with Gasteiger partial charge < -0.3 is 5.32 Å². The van der Waals surface area contributed by atoms with Gasteiger partial charge in [0.15, 0.2) is 0 Å². The summed E-state index contributed by atoms with van der Waals surface area (Å²) in [4.78, 5) is 7.08. The highest BCUT2D eigenvalue weighted by Crippen LogP contribution is 2.27. The molecule has 0 amide bonds. The van der Waals surface area contributed by atoms with Gasteiger partial charge in [-0.3, -0.25) is 9.88 Å². The van der Waals surface area contributed by atoms with Gasteiger partial charge >= 0.3 is 0 Å². The van der Waals surface area contributed by atoms with Crippen LogP contribution < -0.4 is 5.32 Å². The van der Waals surface area contributed by atoms with Gasteiger partial charge in [0.2, 0.25) is 0 Å². The zero-order chi connectivity index (χ0) is 12.9. The normalized spacial score (nSPS) is 18.1. The first kappa shape index (κ1) is 12.3. The Morgan fingerprint density at radius 3 is 2.37 bits per heavy atom. The molecular weight excluding hydrogens is 234 g/mol. The van der Waals surface area contributed by atoms with Gasteiger partial charge in [-0.25, -0.2) is 0 Å². The van der Waals surface area contributed by atoms with Gasteiger partial charge in [-0.1, -0.05) is 36.4 Å². The third-order valence-corrected chi connectivity index (χ3v) is 3.60. The lowest BCUT2D eigenvalue weighted by Gasteiger charge is -2.34. The molecule has 1 fully saturated rings. The van der Waals surface area contributed by atoms with Crippen LogP contribution in [-0.4, -0.2) is 36.1 Å². The minimum Gasteiger partial charge on any atom is -0.314 e. The van der Waals surface area contributed by atoms with Gasteiger partial charge in [0, 0.05) is 32.4 Å². The Morgan fingerprint density at radius 2 is 1.68 bits per heavy atom. The van der Waals surface area contributed by atoms with E-state index in [9.17, 15) is 0 Å². The molecule has 19 heavy (non-hydrogen) atoms. The Morgan fingerprint density at radius 1 is 0.947 bits per heavy atom. The van der Waals surface area contributed by atoms with E-state index < -0.39 is 0 Å². The van der Waals surface area contributed by atoms with E-state index in [1.54, 1.807) is 0 Å². The van der Waals surface area contributed by atoms with Crippen molar-refractivity contribution in [2.75, 3.05) is 26.2 Å². The van der Waals surface area contributed by atoms with Crippen molar-refractivity contribution in [1.82, 2.24) is 15.2 Å². The quantitative estimate of drug-likeness (QED) is 0.907. The van der Waals surface area contributed by atoms with E-state index >= 15 is 0 Å². The van der Waals surface area contributed by atoms with Crippen LogP contribution in [-0.2, 0) is 0 Å². The van der Waals surface area contributed by atoms with Crippen molar-refractivity contribution in [2.24, 2.45) is 0 Å². The van der Waals surface area contributed by atoms with E-state index in [1.807, 2.05) is 12.3 Å². The summed E-state index contributed by atoms with van der Waals surface area (Å²) in [5.74, 6) is 0. The first-order valence-corrected chi connectivity index (χ1v) is 6.86. The lowest BCUT2D eigenvalue weighted by atomic mass is 10.0. The van der Waals surface area contributed by atoms with Crippen LogP contribution in [0.1, 0.15) is 17.3 Å². The molecule has 0 aliphatic carbocycles. The predicted molar refractivity (Wildman–Crippen MR) is 77.0 cm³/mol. The molecule has 98 valence electrons. The van der Waals surface area contributed by atoms with Gasteiger partial charge in [0.25, 0.3) is 0 Å². The molecule has 0 saturated carbocycles. The van der Waals surface area contributed by atoms with Crippen LogP contribution in [0.25, 0.3) is 0 Å². The van der Waals surface area contributed by atoms with Crippen LogP contribution in [0.2, 0.25) is 0 Å². The molecule has 3 rings (SSSR count). The molecule has 1 saturated heterocycles. The standard InChI is InChI=1S/C16H19N3/c1-2-6-14(7-3-1)16(15-8-4-5-9-18-15)19-12-10-17-11-13-19/h1-9,16-17H,10-13H2/t16-/m1/s1. The van der Waals surface area contributed by atoms with Crippen LogP contribution in [0.5, 0.6) is 0 Å². The highest BCUT2D eigenvalue weighted by atomic mass is 15.2. The summed E-state index contributed by atoms with van der Waals surface area (Å²) in [5, 5.41) is 3.41. The SMILES string of the molecule is c1ccc([C@H](c2ccccn2)N2CCNCC2)cc1. The molecule has 0 spiro atoms. The number of hydrogen-bond donors (Lipinski definition) is 1.